The number of carbonyl (C=O) groups excluding carboxylic acids is 2. The van der Waals surface area contributed by atoms with E-state index in [0.717, 1.165) is 36.1 Å². The van der Waals surface area contributed by atoms with Crippen LogP contribution >= 0.6 is 0 Å². The van der Waals surface area contributed by atoms with Crippen LogP contribution in [0.3, 0.4) is 0 Å². The number of carbonyl (C=O) groups is 2. The number of benzene rings is 3. The predicted molar refractivity (Wildman–Crippen MR) is 139 cm³/mol. The standard InChI is InChI=1S/C29H31N3O3/c1-3-32(4-2)20-24-11-6-5-10-23(24)19-30-28(33)17-21-13-15-25(16-14-21)31-29(34)27-18-22-9-7-8-12-26(22)35-27/h5-16,18H,3-4,17,19-20H2,1-2H3,(H,30,33)(H,31,34). The molecule has 0 unspecified atom stereocenters. The number of fused-ring (bicyclic) bond motifs is 1. The molecule has 6 nitrogen and oxygen atoms in total. The average molecular weight is 470 g/mol. The molecule has 0 spiro atoms. The van der Waals surface area contributed by atoms with Gasteiger partial charge in [0.05, 0.1) is 6.42 Å². The van der Waals surface area contributed by atoms with E-state index in [-0.39, 0.29) is 24.0 Å². The Hall–Kier alpha value is -3.90. The topological polar surface area (TPSA) is 74.6 Å². The molecule has 0 bridgehead atoms. The van der Waals surface area contributed by atoms with Gasteiger partial charge in [0, 0.05) is 24.2 Å². The summed E-state index contributed by atoms with van der Waals surface area (Å²) in [7, 11) is 0. The van der Waals surface area contributed by atoms with E-state index in [4.69, 9.17) is 4.42 Å². The Balaban J connectivity index is 1.30. The second-order valence-electron chi connectivity index (χ2n) is 8.48. The molecule has 0 saturated heterocycles. The van der Waals surface area contributed by atoms with Crippen molar-refractivity contribution in [2.24, 2.45) is 0 Å². The molecule has 0 radical (unpaired) electrons. The van der Waals surface area contributed by atoms with Crippen LogP contribution in [0.5, 0.6) is 0 Å². The maximum absolute atomic E-state index is 12.6. The van der Waals surface area contributed by atoms with Crippen LogP contribution in [-0.2, 0) is 24.3 Å². The zero-order valence-corrected chi connectivity index (χ0v) is 20.2. The molecule has 1 aromatic heterocycles. The molecule has 6 heteroatoms. The normalized spacial score (nSPS) is 11.1. The lowest BCUT2D eigenvalue weighted by Gasteiger charge is -2.20. The minimum absolute atomic E-state index is 0.0401. The molecule has 2 N–H and O–H groups in total. The first-order valence-corrected chi connectivity index (χ1v) is 12.0. The summed E-state index contributed by atoms with van der Waals surface area (Å²) in [5, 5.41) is 6.76. The highest BCUT2D eigenvalue weighted by molar-refractivity contribution is 6.04. The van der Waals surface area contributed by atoms with Crippen LogP contribution in [0.25, 0.3) is 11.0 Å². The molecule has 0 aliphatic heterocycles. The van der Waals surface area contributed by atoms with Crippen molar-refractivity contribution in [2.75, 3.05) is 18.4 Å². The van der Waals surface area contributed by atoms with E-state index < -0.39 is 0 Å². The van der Waals surface area contributed by atoms with Gasteiger partial charge in [-0.1, -0.05) is 68.4 Å². The zero-order chi connectivity index (χ0) is 24.6. The molecule has 0 saturated carbocycles. The summed E-state index contributed by atoms with van der Waals surface area (Å²) < 4.78 is 5.62. The van der Waals surface area contributed by atoms with Crippen molar-refractivity contribution in [3.05, 3.63) is 101 Å². The van der Waals surface area contributed by atoms with Crippen molar-refractivity contribution in [3.8, 4) is 0 Å². The molecule has 4 rings (SSSR count). The van der Waals surface area contributed by atoms with Gasteiger partial charge >= 0.3 is 0 Å². The highest BCUT2D eigenvalue weighted by Crippen LogP contribution is 2.20. The van der Waals surface area contributed by atoms with Crippen LogP contribution in [0.2, 0.25) is 0 Å². The highest BCUT2D eigenvalue weighted by atomic mass is 16.3. The third-order valence-electron chi connectivity index (χ3n) is 6.11. The highest BCUT2D eigenvalue weighted by Gasteiger charge is 2.13. The largest absolute Gasteiger partial charge is 0.451 e. The van der Waals surface area contributed by atoms with Gasteiger partial charge in [-0.2, -0.15) is 0 Å². The Labute approximate surface area is 205 Å². The number of hydrogen-bond acceptors (Lipinski definition) is 4. The van der Waals surface area contributed by atoms with Crippen molar-refractivity contribution >= 4 is 28.5 Å². The number of nitrogens with one attached hydrogen (secondary N) is 2. The number of amides is 2. The molecule has 0 atom stereocenters. The van der Waals surface area contributed by atoms with Crippen molar-refractivity contribution in [1.82, 2.24) is 10.2 Å². The van der Waals surface area contributed by atoms with E-state index in [0.29, 0.717) is 17.8 Å². The molecule has 2 amide bonds. The third-order valence-corrected chi connectivity index (χ3v) is 6.11. The maximum atomic E-state index is 12.6. The second kappa shape index (κ2) is 11.5. The van der Waals surface area contributed by atoms with Crippen LogP contribution in [0, 0.1) is 0 Å². The number of rotatable bonds is 10. The molecular formula is C29H31N3O3. The van der Waals surface area contributed by atoms with Gasteiger partial charge in [-0.25, -0.2) is 0 Å². The van der Waals surface area contributed by atoms with E-state index in [1.165, 1.54) is 5.56 Å². The Morgan fingerprint density at radius 1 is 0.857 bits per heavy atom. The van der Waals surface area contributed by atoms with Gasteiger partial charge in [0.15, 0.2) is 5.76 Å². The van der Waals surface area contributed by atoms with Crippen LogP contribution in [0.4, 0.5) is 5.69 Å². The van der Waals surface area contributed by atoms with Crippen molar-refractivity contribution in [1.29, 1.82) is 0 Å². The molecule has 180 valence electrons. The number of anilines is 1. The molecule has 0 fully saturated rings. The van der Waals surface area contributed by atoms with Crippen molar-refractivity contribution in [2.45, 2.75) is 33.4 Å². The predicted octanol–water partition coefficient (Wildman–Crippen LogP) is 5.39. The van der Waals surface area contributed by atoms with E-state index in [2.05, 4.69) is 41.5 Å². The summed E-state index contributed by atoms with van der Waals surface area (Å²) >= 11 is 0. The monoisotopic (exact) mass is 469 g/mol. The van der Waals surface area contributed by atoms with Gasteiger partial charge in [0.2, 0.25) is 5.91 Å². The van der Waals surface area contributed by atoms with Gasteiger partial charge in [0.1, 0.15) is 5.58 Å². The fourth-order valence-electron chi connectivity index (χ4n) is 4.01. The van der Waals surface area contributed by atoms with Crippen molar-refractivity contribution < 1.29 is 14.0 Å². The van der Waals surface area contributed by atoms with Gasteiger partial charge < -0.3 is 15.1 Å². The summed E-state index contributed by atoms with van der Waals surface area (Å²) in [6, 6.07) is 24.8. The average Bonchev–Trinajstić information content (AvgIpc) is 3.32. The number of nitrogens with zero attached hydrogens (tertiary/aromatic N) is 1. The molecule has 0 aliphatic rings. The first-order valence-electron chi connectivity index (χ1n) is 12.0. The zero-order valence-electron chi connectivity index (χ0n) is 20.2. The number of para-hydroxylation sites is 1. The first-order chi connectivity index (χ1) is 17.1. The Morgan fingerprint density at radius 3 is 2.26 bits per heavy atom. The van der Waals surface area contributed by atoms with E-state index in [1.54, 1.807) is 18.2 Å². The fourth-order valence-corrected chi connectivity index (χ4v) is 4.01. The minimum atomic E-state index is -0.310. The van der Waals surface area contributed by atoms with Crippen molar-refractivity contribution in [3.63, 3.8) is 0 Å². The molecular weight excluding hydrogens is 438 g/mol. The van der Waals surface area contributed by atoms with Gasteiger partial charge in [-0.05, 0) is 54.0 Å². The van der Waals surface area contributed by atoms with Crippen LogP contribution in [0.15, 0.2) is 83.3 Å². The van der Waals surface area contributed by atoms with Gasteiger partial charge in [-0.15, -0.1) is 0 Å². The summed E-state index contributed by atoms with van der Waals surface area (Å²) in [6.45, 7) is 7.67. The number of hydrogen-bond donors (Lipinski definition) is 2. The lowest BCUT2D eigenvalue weighted by Crippen LogP contribution is -2.27. The van der Waals surface area contributed by atoms with E-state index in [9.17, 15) is 9.59 Å². The van der Waals surface area contributed by atoms with Gasteiger partial charge in [-0.3, -0.25) is 14.5 Å². The molecule has 1 heterocycles. The Kier molecular flexibility index (Phi) is 7.95. The smallest absolute Gasteiger partial charge is 0.291 e. The van der Waals surface area contributed by atoms with Crippen LogP contribution in [0.1, 0.15) is 41.1 Å². The van der Waals surface area contributed by atoms with Gasteiger partial charge in [0.25, 0.3) is 5.91 Å². The minimum Gasteiger partial charge on any atom is -0.451 e. The lowest BCUT2D eigenvalue weighted by molar-refractivity contribution is -0.120. The SMILES string of the molecule is CCN(CC)Cc1ccccc1CNC(=O)Cc1ccc(NC(=O)c2cc3ccccc3o2)cc1. The number of furan rings is 1. The quantitative estimate of drug-likeness (QED) is 0.327. The summed E-state index contributed by atoms with van der Waals surface area (Å²) in [5.41, 5.74) is 4.57. The maximum Gasteiger partial charge on any atom is 0.291 e. The Bertz CT molecular complexity index is 1260. The second-order valence-corrected chi connectivity index (χ2v) is 8.48. The molecule has 4 aromatic rings. The summed E-state index contributed by atoms with van der Waals surface area (Å²) in [6.07, 6.45) is 0.274. The van der Waals surface area contributed by atoms with E-state index >= 15 is 0 Å². The molecule has 3 aromatic carbocycles. The molecule has 35 heavy (non-hydrogen) atoms. The third kappa shape index (κ3) is 6.37. The fraction of sp³-hybridized carbons (Fsp3) is 0.241. The van der Waals surface area contributed by atoms with E-state index in [1.807, 2.05) is 48.5 Å². The summed E-state index contributed by atoms with van der Waals surface area (Å²) in [4.78, 5) is 27.4. The Morgan fingerprint density at radius 2 is 1.54 bits per heavy atom. The first kappa shape index (κ1) is 24.2. The van der Waals surface area contributed by atoms with Crippen LogP contribution in [-0.4, -0.2) is 29.8 Å². The molecule has 0 aliphatic carbocycles. The lowest BCUT2D eigenvalue weighted by atomic mass is 10.1. The van der Waals surface area contributed by atoms with Crippen LogP contribution < -0.4 is 10.6 Å². The summed E-state index contributed by atoms with van der Waals surface area (Å²) in [5.74, 6) is -0.0901.